The van der Waals surface area contributed by atoms with Crippen molar-refractivity contribution in [3.63, 3.8) is 0 Å². The number of aliphatic hydroxyl groups is 2. The summed E-state index contributed by atoms with van der Waals surface area (Å²) in [7, 11) is -5.11. The number of aliphatic hydroxyl groups excluding tert-OH is 2. The van der Waals surface area contributed by atoms with Crippen LogP contribution >= 0.6 is 7.82 Å². The first-order chi connectivity index (χ1) is 25.4. The Morgan fingerprint density at radius 1 is 0.943 bits per heavy atom. The summed E-state index contributed by atoms with van der Waals surface area (Å²) in [5, 5.41) is 24.7. The molecule has 17 heteroatoms. The van der Waals surface area contributed by atoms with Crippen LogP contribution in [-0.2, 0) is 25.0 Å². The Morgan fingerprint density at radius 2 is 1.57 bits per heavy atom. The molecule has 0 aliphatic carbocycles. The van der Waals surface area contributed by atoms with Crippen LogP contribution in [0.5, 0.6) is 0 Å². The number of aromatic nitrogens is 4. The Morgan fingerprint density at radius 3 is 2.13 bits per heavy atom. The Hall–Kier alpha value is -2.69. The summed E-state index contributed by atoms with van der Waals surface area (Å²) in [5.41, 5.74) is -3.41. The molecule has 0 spiro atoms. The van der Waals surface area contributed by atoms with Crippen LogP contribution in [0.3, 0.4) is 0 Å². The summed E-state index contributed by atoms with van der Waals surface area (Å²) in [5.74, 6) is 0.382. The average molecular weight is 770 g/mol. The molecule has 0 saturated carbocycles. The van der Waals surface area contributed by atoms with Crippen LogP contribution in [0.2, 0.25) is 0 Å². The Balaban J connectivity index is 1.29. The van der Waals surface area contributed by atoms with Gasteiger partial charge in [0.25, 0.3) is 5.56 Å². The number of phosphoric ester groups is 1. The molecule has 2 aliphatic heterocycles. The highest BCUT2D eigenvalue weighted by Gasteiger charge is 2.55. The molecular formula is C36H60N5O11P. The average Bonchev–Trinajstić information content (AvgIpc) is 3.64. The molecule has 2 saturated heterocycles. The number of ether oxygens (including phenoxy) is 2. The Bertz CT molecular complexity index is 1640. The van der Waals surface area contributed by atoms with Gasteiger partial charge in [-0.15, -0.1) is 0 Å². The molecule has 2 fully saturated rings. The molecule has 16 nitrogen and oxygen atoms in total. The predicted molar refractivity (Wildman–Crippen MR) is 199 cm³/mol. The molecule has 2 aromatic heterocycles. The minimum atomic E-state index is -5.11. The number of nitrogens with zero attached hydrogens (tertiary/aromatic N) is 3. The van der Waals surface area contributed by atoms with E-state index in [1.807, 2.05) is 0 Å². The molecule has 53 heavy (non-hydrogen) atoms. The minimum Gasteiger partial charge on any atom is -0.393 e. The maximum atomic E-state index is 13.1. The highest BCUT2D eigenvalue weighted by Crippen LogP contribution is 2.50. The maximum Gasteiger partial charge on any atom is 0.469 e. The van der Waals surface area contributed by atoms with Crippen LogP contribution in [0, 0.1) is 0 Å². The SMILES string of the molecule is CCCCCCCCCCCCCCCCNc1ccn(C2CC(OP(=O)(O)O)C(CO)(CC3OC(n4cc(CC)c(=O)[nH]c4=O)CC3O)O2)c(=O)n1. The summed E-state index contributed by atoms with van der Waals surface area (Å²) >= 11 is 0. The molecule has 2 aromatic rings. The van der Waals surface area contributed by atoms with Crippen LogP contribution < -0.4 is 22.3 Å². The van der Waals surface area contributed by atoms with Crippen LogP contribution in [0.25, 0.3) is 0 Å². The standard InChI is InChI=1S/C36H60N5O11P/c1-3-5-6-7-8-9-10-11-12-13-14-15-16-17-19-37-30-18-20-40(34(45)38-30)32-22-29(52-53(47,48)49)36(25-42,51-32)23-28-27(43)21-31(50-28)41-24-26(4-2)33(44)39-35(41)46/h18,20,24,27-29,31-32,42-43H,3-17,19,21-23,25H2,1-2H3,(H,37,38,45)(H,39,44,46)(H2,47,48,49). The lowest BCUT2D eigenvalue weighted by Crippen LogP contribution is -2.48. The number of aromatic amines is 1. The largest absolute Gasteiger partial charge is 0.469 e. The number of rotatable bonds is 24. The van der Waals surface area contributed by atoms with Gasteiger partial charge in [0.1, 0.15) is 30.0 Å². The lowest BCUT2D eigenvalue weighted by molar-refractivity contribution is -0.157. The maximum absolute atomic E-state index is 13.1. The van der Waals surface area contributed by atoms with Crippen molar-refractivity contribution < 1.29 is 38.6 Å². The molecule has 6 unspecified atom stereocenters. The van der Waals surface area contributed by atoms with Crippen LogP contribution in [0.1, 0.15) is 141 Å². The Kier molecular flexibility index (Phi) is 16.9. The monoisotopic (exact) mass is 769 g/mol. The molecule has 4 rings (SSSR count). The third-order valence-electron chi connectivity index (χ3n) is 10.4. The van der Waals surface area contributed by atoms with Crippen molar-refractivity contribution in [3.8, 4) is 0 Å². The van der Waals surface area contributed by atoms with E-state index in [1.165, 1.54) is 83.0 Å². The van der Waals surface area contributed by atoms with Crippen molar-refractivity contribution in [2.24, 2.45) is 0 Å². The molecular weight excluding hydrogens is 709 g/mol. The van der Waals surface area contributed by atoms with Crippen LogP contribution in [0.4, 0.5) is 5.82 Å². The fourth-order valence-electron chi connectivity index (χ4n) is 7.32. The summed E-state index contributed by atoms with van der Waals surface area (Å²) < 4.78 is 31.5. The summed E-state index contributed by atoms with van der Waals surface area (Å²) in [6, 6.07) is 1.60. The summed E-state index contributed by atoms with van der Waals surface area (Å²) in [6.07, 6.45) is 14.5. The van der Waals surface area contributed by atoms with E-state index < -0.39 is 67.7 Å². The normalized spacial score (nSPS) is 24.6. The molecule has 300 valence electrons. The van der Waals surface area contributed by atoms with Gasteiger partial charge >= 0.3 is 19.2 Å². The molecule has 2 aliphatic rings. The number of hydrogen-bond acceptors (Lipinski definition) is 11. The number of anilines is 1. The molecule has 0 amide bonds. The van der Waals surface area contributed by atoms with Gasteiger partial charge in [0.05, 0.1) is 18.8 Å². The summed E-state index contributed by atoms with van der Waals surface area (Å²) in [4.78, 5) is 63.5. The third-order valence-corrected chi connectivity index (χ3v) is 10.9. The fourth-order valence-corrected chi connectivity index (χ4v) is 7.93. The lowest BCUT2D eigenvalue weighted by Gasteiger charge is -2.35. The minimum absolute atomic E-state index is 0.0497. The van der Waals surface area contributed by atoms with E-state index in [2.05, 4.69) is 22.2 Å². The lowest BCUT2D eigenvalue weighted by atomic mass is 9.89. The van der Waals surface area contributed by atoms with Crippen LogP contribution in [0.15, 0.2) is 32.8 Å². The zero-order valence-corrected chi connectivity index (χ0v) is 32.1. The molecule has 6 N–H and O–H groups in total. The smallest absolute Gasteiger partial charge is 0.393 e. The van der Waals surface area contributed by atoms with Gasteiger partial charge in [-0.05, 0) is 18.9 Å². The quantitative estimate of drug-likeness (QED) is 0.0643. The van der Waals surface area contributed by atoms with Crippen molar-refractivity contribution in [2.45, 2.75) is 166 Å². The highest BCUT2D eigenvalue weighted by atomic mass is 31.2. The van der Waals surface area contributed by atoms with Crippen molar-refractivity contribution in [3.05, 3.63) is 55.3 Å². The van der Waals surface area contributed by atoms with Gasteiger partial charge in [0.2, 0.25) is 0 Å². The fraction of sp³-hybridized carbons (Fsp3) is 0.778. The number of nitrogens with one attached hydrogen (secondary N) is 2. The predicted octanol–water partition coefficient (Wildman–Crippen LogP) is 4.42. The second kappa shape index (κ2) is 20.8. The number of H-pyrrole nitrogens is 1. The molecule has 0 radical (unpaired) electrons. The van der Waals surface area contributed by atoms with Gasteiger partial charge in [0.15, 0.2) is 0 Å². The van der Waals surface area contributed by atoms with Gasteiger partial charge in [-0.2, -0.15) is 4.98 Å². The molecule has 6 atom stereocenters. The molecule has 0 bridgehead atoms. The number of aryl methyl sites for hydroxylation is 1. The summed E-state index contributed by atoms with van der Waals surface area (Å²) in [6.45, 7) is 3.84. The first-order valence-electron chi connectivity index (χ1n) is 19.4. The Labute approximate surface area is 310 Å². The van der Waals surface area contributed by atoms with E-state index in [0.29, 0.717) is 24.3 Å². The molecule has 0 aromatic carbocycles. The zero-order valence-electron chi connectivity index (χ0n) is 31.2. The van der Waals surface area contributed by atoms with Gasteiger partial charge in [0, 0.05) is 43.8 Å². The first-order valence-corrected chi connectivity index (χ1v) is 21.0. The molecule has 4 heterocycles. The first kappa shape index (κ1) is 43.0. The van der Waals surface area contributed by atoms with E-state index in [1.54, 1.807) is 13.0 Å². The van der Waals surface area contributed by atoms with Gasteiger partial charge in [-0.3, -0.25) is 23.4 Å². The second-order valence-electron chi connectivity index (χ2n) is 14.5. The van der Waals surface area contributed by atoms with Gasteiger partial charge < -0.3 is 34.8 Å². The van der Waals surface area contributed by atoms with Crippen molar-refractivity contribution in [2.75, 3.05) is 18.5 Å². The van der Waals surface area contributed by atoms with Crippen LogP contribution in [-0.4, -0.2) is 76.2 Å². The van der Waals surface area contributed by atoms with E-state index in [9.17, 15) is 38.9 Å². The second-order valence-corrected chi connectivity index (χ2v) is 15.6. The highest BCUT2D eigenvalue weighted by molar-refractivity contribution is 7.46. The van der Waals surface area contributed by atoms with E-state index >= 15 is 0 Å². The number of hydrogen-bond donors (Lipinski definition) is 6. The van der Waals surface area contributed by atoms with Crippen molar-refractivity contribution in [1.82, 2.24) is 19.1 Å². The number of phosphoric acid groups is 1. The van der Waals surface area contributed by atoms with Gasteiger partial charge in [-0.1, -0.05) is 97.3 Å². The van der Waals surface area contributed by atoms with Crippen molar-refractivity contribution >= 4 is 13.6 Å². The van der Waals surface area contributed by atoms with Gasteiger partial charge in [-0.25, -0.2) is 14.2 Å². The zero-order chi connectivity index (χ0) is 38.4. The third kappa shape index (κ3) is 12.7. The van der Waals surface area contributed by atoms with E-state index in [-0.39, 0.29) is 19.3 Å². The topological polar surface area (TPSA) is 227 Å². The van der Waals surface area contributed by atoms with E-state index in [0.717, 1.165) is 28.4 Å². The van der Waals surface area contributed by atoms with Crippen molar-refractivity contribution in [1.29, 1.82) is 0 Å². The van der Waals surface area contributed by atoms with E-state index in [4.69, 9.17) is 14.0 Å². The number of unbranched alkanes of at least 4 members (excludes halogenated alkanes) is 13.